The van der Waals surface area contributed by atoms with Gasteiger partial charge in [0.1, 0.15) is 16.9 Å². The Morgan fingerprint density at radius 3 is 2.79 bits per heavy atom. The monoisotopic (exact) mass is 542 g/mol. The number of fused-ring (bicyclic) bond motifs is 1. The van der Waals surface area contributed by atoms with Gasteiger partial charge in [0.05, 0.1) is 23.7 Å². The molecule has 0 amide bonds. The Balaban J connectivity index is 1.82. The van der Waals surface area contributed by atoms with E-state index in [0.29, 0.717) is 39.1 Å². The van der Waals surface area contributed by atoms with Crippen molar-refractivity contribution in [2.45, 2.75) is 44.9 Å². The van der Waals surface area contributed by atoms with Crippen LogP contribution < -0.4 is 15.0 Å². The van der Waals surface area contributed by atoms with E-state index in [9.17, 15) is 4.79 Å². The molecule has 0 aliphatic heterocycles. The normalized spacial score (nSPS) is 14.4. The van der Waals surface area contributed by atoms with Gasteiger partial charge >= 0.3 is 0 Å². The van der Waals surface area contributed by atoms with Gasteiger partial charge in [-0.2, -0.15) is 15.0 Å². The largest absolute Gasteiger partial charge is 0.490 e. The first kappa shape index (κ1) is 24.2. The van der Waals surface area contributed by atoms with Crippen LogP contribution in [0.3, 0.4) is 0 Å². The zero-order valence-electron chi connectivity index (χ0n) is 18.8. The number of ether oxygens (including phenoxy) is 2. The molecule has 1 aliphatic carbocycles. The molecule has 176 valence electrons. The van der Waals surface area contributed by atoms with Crippen LogP contribution in [0, 0.1) is 11.3 Å². The minimum absolute atomic E-state index is 0.164. The van der Waals surface area contributed by atoms with Crippen LogP contribution in [0.5, 0.6) is 11.5 Å². The average molecular weight is 544 g/mol. The number of aromatic nitrogens is 2. The molecule has 1 aromatic heterocycles. The van der Waals surface area contributed by atoms with Crippen LogP contribution in [-0.2, 0) is 0 Å². The molecule has 0 N–H and O–H groups in total. The number of para-hydroxylation sites is 1. The number of nitriles is 1. The van der Waals surface area contributed by atoms with E-state index in [1.807, 2.05) is 31.2 Å². The third kappa shape index (κ3) is 4.96. The van der Waals surface area contributed by atoms with Crippen molar-refractivity contribution in [2.75, 3.05) is 13.2 Å². The maximum atomic E-state index is 13.4. The van der Waals surface area contributed by atoms with E-state index in [2.05, 4.69) is 21.0 Å². The zero-order chi connectivity index (χ0) is 24.1. The van der Waals surface area contributed by atoms with Gasteiger partial charge in [-0.15, -0.1) is 0 Å². The molecule has 2 aromatic carbocycles. The molecule has 1 aliphatic rings. The van der Waals surface area contributed by atoms with Crippen LogP contribution in [0.15, 0.2) is 44.7 Å². The van der Waals surface area contributed by atoms with E-state index in [1.54, 1.807) is 18.3 Å². The third-order valence-corrected chi connectivity index (χ3v) is 7.24. The Hall–Kier alpha value is -2.89. The molecule has 0 saturated heterocycles. The smallest absolute Gasteiger partial charge is 0.282 e. The topological polar surface area (TPSA) is 89.5 Å². The molecule has 4 rings (SSSR count). The van der Waals surface area contributed by atoms with Crippen molar-refractivity contribution in [1.29, 1.82) is 5.26 Å². The number of hydrogen-bond acceptors (Lipinski definition) is 6. The highest BCUT2D eigenvalue weighted by atomic mass is 79.9. The fraction of sp³-hybridized carbons (Fsp3) is 0.360. The summed E-state index contributed by atoms with van der Waals surface area (Å²) in [6.07, 6.45) is 6.95. The number of halogens is 2. The van der Waals surface area contributed by atoms with E-state index < -0.39 is 0 Å². The average Bonchev–Trinajstić information content (AvgIpc) is 2.86. The Bertz CT molecular complexity index is 1330. The molecule has 3 aromatic rings. The summed E-state index contributed by atoms with van der Waals surface area (Å²) in [6.45, 7) is 2.06. The Morgan fingerprint density at radius 2 is 2.06 bits per heavy atom. The second-order valence-electron chi connectivity index (χ2n) is 7.98. The third-order valence-electron chi connectivity index (χ3n) is 5.80. The number of benzene rings is 2. The number of hydrogen-bond donors (Lipinski definition) is 0. The van der Waals surface area contributed by atoms with E-state index in [-0.39, 0.29) is 28.9 Å². The molecule has 0 unspecified atom stereocenters. The SMILES string of the molecule is CCOc1cc(C=Nn2c(C3CCCCC3)nc3ccccc3c2=O)c(Br)c(Cl)c1OCC#N. The second kappa shape index (κ2) is 11.0. The van der Waals surface area contributed by atoms with E-state index in [1.165, 1.54) is 11.1 Å². The van der Waals surface area contributed by atoms with E-state index in [4.69, 9.17) is 31.3 Å². The highest BCUT2D eigenvalue weighted by molar-refractivity contribution is 9.10. The van der Waals surface area contributed by atoms with Crippen molar-refractivity contribution in [3.05, 3.63) is 61.6 Å². The van der Waals surface area contributed by atoms with Crippen LogP contribution in [-0.4, -0.2) is 29.1 Å². The first-order valence-corrected chi connectivity index (χ1v) is 12.4. The molecular formula is C25H24BrClN4O3. The van der Waals surface area contributed by atoms with Crippen LogP contribution in [0.25, 0.3) is 10.9 Å². The van der Waals surface area contributed by atoms with Crippen molar-refractivity contribution in [3.8, 4) is 17.6 Å². The molecule has 1 fully saturated rings. The minimum Gasteiger partial charge on any atom is -0.490 e. The fourth-order valence-electron chi connectivity index (χ4n) is 4.20. The Kier molecular flexibility index (Phi) is 7.86. The molecule has 0 atom stereocenters. The minimum atomic E-state index is -0.205. The summed E-state index contributed by atoms with van der Waals surface area (Å²) in [5.41, 5.74) is 1.08. The summed E-state index contributed by atoms with van der Waals surface area (Å²) < 4.78 is 13.1. The van der Waals surface area contributed by atoms with Gasteiger partial charge in [-0.25, -0.2) is 4.98 Å². The van der Waals surface area contributed by atoms with Gasteiger partial charge in [-0.3, -0.25) is 4.79 Å². The van der Waals surface area contributed by atoms with Gasteiger partial charge in [-0.1, -0.05) is 43.0 Å². The lowest BCUT2D eigenvalue weighted by Crippen LogP contribution is -2.25. The summed E-state index contributed by atoms with van der Waals surface area (Å²) in [7, 11) is 0. The maximum absolute atomic E-state index is 13.4. The van der Waals surface area contributed by atoms with Crippen molar-refractivity contribution < 1.29 is 9.47 Å². The quantitative estimate of drug-likeness (QED) is 0.339. The molecule has 0 radical (unpaired) electrons. The predicted molar refractivity (Wildman–Crippen MR) is 136 cm³/mol. The van der Waals surface area contributed by atoms with Gasteiger partial charge in [0.2, 0.25) is 0 Å². The fourth-order valence-corrected chi connectivity index (χ4v) is 4.85. The molecule has 9 heteroatoms. The Labute approximate surface area is 211 Å². The summed E-state index contributed by atoms with van der Waals surface area (Å²) in [4.78, 5) is 18.2. The lowest BCUT2D eigenvalue weighted by molar-refractivity contribution is 0.298. The number of nitrogens with zero attached hydrogens (tertiary/aromatic N) is 4. The molecule has 7 nitrogen and oxygen atoms in total. The highest BCUT2D eigenvalue weighted by Gasteiger charge is 2.23. The maximum Gasteiger partial charge on any atom is 0.282 e. The molecule has 0 spiro atoms. The van der Waals surface area contributed by atoms with E-state index >= 15 is 0 Å². The van der Waals surface area contributed by atoms with Crippen molar-refractivity contribution in [3.63, 3.8) is 0 Å². The highest BCUT2D eigenvalue weighted by Crippen LogP contribution is 2.42. The van der Waals surface area contributed by atoms with Gasteiger partial charge in [0, 0.05) is 16.0 Å². The second-order valence-corrected chi connectivity index (χ2v) is 9.16. The zero-order valence-corrected chi connectivity index (χ0v) is 21.1. The Morgan fingerprint density at radius 1 is 1.29 bits per heavy atom. The first-order chi connectivity index (χ1) is 16.5. The van der Waals surface area contributed by atoms with Gasteiger partial charge < -0.3 is 9.47 Å². The van der Waals surface area contributed by atoms with Crippen molar-refractivity contribution >= 4 is 44.6 Å². The molecule has 1 heterocycles. The molecule has 0 bridgehead atoms. The van der Waals surface area contributed by atoms with Gasteiger partial charge in [0.25, 0.3) is 5.56 Å². The summed E-state index contributed by atoms with van der Waals surface area (Å²) in [6, 6.07) is 11.0. The van der Waals surface area contributed by atoms with Crippen LogP contribution >= 0.6 is 27.5 Å². The summed E-state index contributed by atoms with van der Waals surface area (Å²) in [5, 5.41) is 14.2. The lowest BCUT2D eigenvalue weighted by atomic mass is 9.88. The van der Waals surface area contributed by atoms with Gasteiger partial charge in [0.15, 0.2) is 18.1 Å². The van der Waals surface area contributed by atoms with Crippen molar-refractivity contribution in [2.24, 2.45) is 5.10 Å². The molecule has 34 heavy (non-hydrogen) atoms. The summed E-state index contributed by atoms with van der Waals surface area (Å²) >= 11 is 10.0. The standard InChI is InChI=1S/C25H24BrClN4O3/c1-2-33-20-14-17(21(26)22(27)23(20)34-13-12-28)15-29-31-24(16-8-4-3-5-9-16)30-19-11-7-6-10-18(19)25(31)32/h6-7,10-11,14-16H,2-5,8-9,13H2,1H3. The predicted octanol–water partition coefficient (Wildman–Crippen LogP) is 6.04. The van der Waals surface area contributed by atoms with Crippen LogP contribution in [0.2, 0.25) is 5.02 Å². The molecule has 1 saturated carbocycles. The lowest BCUT2D eigenvalue weighted by Gasteiger charge is -2.22. The van der Waals surface area contributed by atoms with Gasteiger partial charge in [-0.05, 0) is 53.9 Å². The molecular weight excluding hydrogens is 520 g/mol. The van der Waals surface area contributed by atoms with Crippen LogP contribution in [0.4, 0.5) is 0 Å². The number of rotatable bonds is 7. The first-order valence-electron chi connectivity index (χ1n) is 11.3. The van der Waals surface area contributed by atoms with Crippen molar-refractivity contribution in [1.82, 2.24) is 9.66 Å². The van der Waals surface area contributed by atoms with Crippen LogP contribution in [0.1, 0.15) is 56.3 Å². The summed E-state index contributed by atoms with van der Waals surface area (Å²) in [5.74, 6) is 1.53. The van der Waals surface area contributed by atoms with E-state index in [0.717, 1.165) is 25.7 Å².